The van der Waals surface area contributed by atoms with Gasteiger partial charge in [-0.3, -0.25) is 9.59 Å². The van der Waals surface area contributed by atoms with Gasteiger partial charge in [0.05, 0.1) is 24.3 Å². The van der Waals surface area contributed by atoms with Crippen LogP contribution in [0, 0.1) is 12.7 Å². The number of hydrogen-bond donors (Lipinski definition) is 4. The summed E-state index contributed by atoms with van der Waals surface area (Å²) in [5.41, 5.74) is 4.27. The van der Waals surface area contributed by atoms with Gasteiger partial charge >= 0.3 is 35.5 Å². The number of aryl methyl sites for hydroxylation is 1. The molecule has 8 nitrogen and oxygen atoms in total. The van der Waals surface area contributed by atoms with Gasteiger partial charge < -0.3 is 22.1 Å². The van der Waals surface area contributed by atoms with Crippen LogP contribution in [0.2, 0.25) is 0 Å². The number of nitrogens with one attached hydrogen (secondary N) is 1. The summed E-state index contributed by atoms with van der Waals surface area (Å²) in [5, 5.41) is 36.7. The quantitative estimate of drug-likeness (QED) is 0.257. The molecule has 0 aliphatic carbocycles. The molecule has 1 heterocycles. The van der Waals surface area contributed by atoms with E-state index in [9.17, 15) is 24.2 Å². The van der Waals surface area contributed by atoms with Crippen molar-refractivity contribution < 1.29 is 60.3 Å². The second-order valence-corrected chi connectivity index (χ2v) is 9.60. The molecule has 1 amide bonds. The monoisotopic (exact) mass is 535 g/mol. The van der Waals surface area contributed by atoms with Crippen LogP contribution in [0.1, 0.15) is 73.3 Å². The van der Waals surface area contributed by atoms with Crippen LogP contribution in [0.15, 0.2) is 48.5 Å². The third-order valence-electron chi connectivity index (χ3n) is 6.09. The van der Waals surface area contributed by atoms with Crippen molar-refractivity contribution in [3.05, 3.63) is 82.4 Å². The molecule has 3 rings (SSSR count). The van der Waals surface area contributed by atoms with Gasteiger partial charge in [0, 0.05) is 17.8 Å². The fraction of sp³-hybridized carbons (Fsp3) is 0.393. The fourth-order valence-corrected chi connectivity index (χ4v) is 4.38. The number of carbonyl (C=O) groups excluding carboxylic acids is 1. The minimum Gasteiger partial charge on any atom is -1.00 e. The van der Waals surface area contributed by atoms with Gasteiger partial charge in [-0.2, -0.15) is 5.10 Å². The van der Waals surface area contributed by atoms with E-state index in [1.54, 1.807) is 16.8 Å². The molecule has 2 aromatic carbocycles. The van der Waals surface area contributed by atoms with Crippen molar-refractivity contribution in [2.45, 2.75) is 71.1 Å². The van der Waals surface area contributed by atoms with Crippen molar-refractivity contribution in [3.63, 3.8) is 0 Å². The first-order chi connectivity index (χ1) is 17.5. The topological polar surface area (TPSA) is 125 Å². The summed E-state index contributed by atoms with van der Waals surface area (Å²) in [6.45, 7) is 6.20. The molecule has 0 radical (unpaired) electrons. The number of aliphatic hydroxyl groups is 2. The van der Waals surface area contributed by atoms with Gasteiger partial charge in [-0.1, -0.05) is 43.7 Å². The van der Waals surface area contributed by atoms with Gasteiger partial charge in [0.25, 0.3) is 5.91 Å². The minimum absolute atomic E-state index is 0. The second-order valence-electron chi connectivity index (χ2n) is 9.60. The number of hydrogen-bond acceptors (Lipinski definition) is 5. The van der Waals surface area contributed by atoms with Gasteiger partial charge in [0.2, 0.25) is 0 Å². The summed E-state index contributed by atoms with van der Waals surface area (Å²) in [5.74, 6) is -1.97. The van der Waals surface area contributed by atoms with Crippen molar-refractivity contribution in [1.82, 2.24) is 15.1 Å². The molecule has 0 bridgehead atoms. The van der Waals surface area contributed by atoms with Crippen LogP contribution in [0.3, 0.4) is 0 Å². The average molecular weight is 536 g/mol. The first-order valence-electron chi connectivity index (χ1n) is 12.3. The maximum atomic E-state index is 13.6. The fourth-order valence-electron chi connectivity index (χ4n) is 4.38. The number of halogens is 1. The largest absolute Gasteiger partial charge is 1.00 e. The zero-order valence-corrected chi connectivity index (χ0v) is 24.3. The van der Waals surface area contributed by atoms with E-state index in [-0.39, 0.29) is 61.3 Å². The molecule has 1 aromatic heterocycles. The van der Waals surface area contributed by atoms with Gasteiger partial charge in [-0.05, 0) is 61.9 Å². The van der Waals surface area contributed by atoms with Crippen LogP contribution in [-0.4, -0.2) is 49.2 Å². The number of nitrogens with zero attached hydrogens (tertiary/aromatic N) is 2. The van der Waals surface area contributed by atoms with E-state index in [1.165, 1.54) is 12.1 Å². The molecule has 0 spiro atoms. The molecule has 0 saturated carbocycles. The molecular weight excluding hydrogens is 500 g/mol. The minimum atomic E-state index is -1.16. The number of aromatic nitrogens is 2. The van der Waals surface area contributed by atoms with E-state index in [4.69, 9.17) is 5.11 Å². The molecule has 0 unspecified atom stereocenters. The van der Waals surface area contributed by atoms with Gasteiger partial charge in [0.15, 0.2) is 5.69 Å². The average Bonchev–Trinajstić information content (AvgIpc) is 3.21. The molecular formula is C28H35FN3NaO5. The van der Waals surface area contributed by atoms with Crippen LogP contribution in [-0.2, 0) is 17.8 Å². The van der Waals surface area contributed by atoms with Gasteiger partial charge in [-0.15, -0.1) is 0 Å². The summed E-state index contributed by atoms with van der Waals surface area (Å²) in [7, 11) is 0. The van der Waals surface area contributed by atoms with Crippen LogP contribution in [0.5, 0.6) is 0 Å². The van der Waals surface area contributed by atoms with Crippen molar-refractivity contribution >= 4 is 11.9 Å². The molecule has 0 fully saturated rings. The van der Waals surface area contributed by atoms with E-state index in [0.29, 0.717) is 29.9 Å². The Morgan fingerprint density at radius 3 is 2.39 bits per heavy atom. The van der Waals surface area contributed by atoms with Crippen molar-refractivity contribution in [3.8, 4) is 5.69 Å². The first-order valence-corrected chi connectivity index (χ1v) is 12.3. The molecule has 200 valence electrons. The number of carbonyl (C=O) groups is 2. The number of carboxylic acids is 1. The number of amides is 1. The van der Waals surface area contributed by atoms with E-state index >= 15 is 0 Å². The number of benzene rings is 2. The molecule has 0 aliphatic heterocycles. The summed E-state index contributed by atoms with van der Waals surface area (Å²) in [6.07, 6.45) is -2.13. The number of carboxylic acid groups (broad SMARTS) is 1. The summed E-state index contributed by atoms with van der Waals surface area (Å²) in [6, 6.07) is 13.6. The van der Waals surface area contributed by atoms with E-state index < -0.39 is 30.4 Å². The Morgan fingerprint density at radius 1 is 1.11 bits per heavy atom. The normalized spacial score (nSPS) is 12.6. The Labute approximate surface area is 245 Å². The zero-order valence-electron chi connectivity index (χ0n) is 23.3. The molecule has 0 aliphatic rings. The standard InChI is InChI=1S/C28H34FN3O5.Na.H/c1-17(2)26-24(12-11-22(33)14-23(34)15-25(35)36)32(21-9-7-20(29)8-10-21)31-27(26)28(37)30-16-19-6-4-5-18(3)13-19;;/h4-10,13,17,22-23,33-34H,11-12,14-16H2,1-3H3,(H,30,37)(H,35,36);;/q;+1;-1/t22-,23-;;/m1../s1. The summed E-state index contributed by atoms with van der Waals surface area (Å²) >= 11 is 0. The Balaban J connectivity index is 0.00000380. The van der Waals surface area contributed by atoms with Crippen LogP contribution >= 0.6 is 0 Å². The van der Waals surface area contributed by atoms with Crippen LogP contribution in [0.25, 0.3) is 5.69 Å². The molecule has 3 aromatic rings. The maximum Gasteiger partial charge on any atom is 1.00 e. The Bertz CT molecular complexity index is 1240. The molecule has 2 atom stereocenters. The smallest absolute Gasteiger partial charge is 1.00 e. The van der Waals surface area contributed by atoms with Crippen molar-refractivity contribution in [2.24, 2.45) is 0 Å². The van der Waals surface area contributed by atoms with E-state index in [1.807, 2.05) is 45.0 Å². The van der Waals surface area contributed by atoms with E-state index in [0.717, 1.165) is 11.1 Å². The molecule has 38 heavy (non-hydrogen) atoms. The van der Waals surface area contributed by atoms with E-state index in [2.05, 4.69) is 10.4 Å². The van der Waals surface area contributed by atoms with Crippen molar-refractivity contribution in [2.75, 3.05) is 0 Å². The van der Waals surface area contributed by atoms with Crippen LogP contribution in [0.4, 0.5) is 4.39 Å². The second kappa shape index (κ2) is 14.6. The zero-order chi connectivity index (χ0) is 27.1. The SMILES string of the molecule is Cc1cccc(CNC(=O)c2nn(-c3ccc(F)cc3)c(CC[C@@H](O)C[C@@H](O)CC(=O)O)c2C(C)C)c1.[H-].[Na+]. The summed E-state index contributed by atoms with van der Waals surface area (Å²) in [4.78, 5) is 24.1. The Kier molecular flexibility index (Phi) is 12.1. The van der Waals surface area contributed by atoms with Crippen molar-refractivity contribution in [1.29, 1.82) is 0 Å². The third-order valence-corrected chi connectivity index (χ3v) is 6.09. The predicted octanol–water partition coefficient (Wildman–Crippen LogP) is 1.01. The molecule has 10 heteroatoms. The Morgan fingerprint density at radius 2 is 1.79 bits per heavy atom. The third kappa shape index (κ3) is 8.74. The number of aliphatic hydroxyl groups excluding tert-OH is 2. The van der Waals surface area contributed by atoms with Crippen LogP contribution < -0.4 is 34.9 Å². The number of aliphatic carboxylic acids is 1. The molecule has 0 saturated heterocycles. The first kappa shape index (κ1) is 31.7. The number of rotatable bonds is 12. The molecule has 4 N–H and O–H groups in total. The summed E-state index contributed by atoms with van der Waals surface area (Å²) < 4.78 is 15.2. The van der Waals surface area contributed by atoms with Gasteiger partial charge in [0.1, 0.15) is 5.82 Å². The maximum absolute atomic E-state index is 13.6. The van der Waals surface area contributed by atoms with Gasteiger partial charge in [-0.25, -0.2) is 9.07 Å². The Hall–Kier alpha value is -2.56. The predicted molar refractivity (Wildman–Crippen MR) is 138 cm³/mol.